The predicted octanol–water partition coefficient (Wildman–Crippen LogP) is 3.25. The van der Waals surface area contributed by atoms with E-state index >= 15 is 0 Å². The average Bonchev–Trinajstić information content (AvgIpc) is 3.31. The maximum atomic E-state index is 12.5. The minimum absolute atomic E-state index is 0.0393. The fraction of sp³-hybridized carbons (Fsp3) is 0.304. The monoisotopic (exact) mass is 456 g/mol. The maximum absolute atomic E-state index is 12.5. The zero-order valence-corrected chi connectivity index (χ0v) is 18.6. The van der Waals surface area contributed by atoms with Crippen molar-refractivity contribution in [2.75, 3.05) is 6.61 Å². The van der Waals surface area contributed by atoms with E-state index in [-0.39, 0.29) is 12.1 Å². The summed E-state index contributed by atoms with van der Waals surface area (Å²) in [4.78, 5) is 24.2. The van der Waals surface area contributed by atoms with Crippen LogP contribution in [-0.2, 0) is 11.2 Å². The van der Waals surface area contributed by atoms with Crippen molar-refractivity contribution in [3.63, 3.8) is 0 Å². The van der Waals surface area contributed by atoms with Gasteiger partial charge < -0.3 is 15.5 Å². The van der Waals surface area contributed by atoms with Crippen LogP contribution < -0.4 is 5.32 Å². The number of aliphatic hydroxyl groups is 1. The highest BCUT2D eigenvalue weighted by atomic mass is 35.5. The number of aromatic nitrogens is 3. The molecule has 168 valence electrons. The number of aliphatic hydroxyl groups excluding tert-OH is 1. The van der Waals surface area contributed by atoms with Gasteiger partial charge in [0.05, 0.1) is 18.2 Å². The number of amides is 1. The van der Waals surface area contributed by atoms with E-state index in [2.05, 4.69) is 20.7 Å². The summed E-state index contributed by atoms with van der Waals surface area (Å²) in [7, 11) is 0. The van der Waals surface area contributed by atoms with Crippen molar-refractivity contribution in [2.24, 2.45) is 5.41 Å². The highest BCUT2D eigenvalue weighted by Crippen LogP contribution is 2.28. The molecule has 0 bridgehead atoms. The fourth-order valence-electron chi connectivity index (χ4n) is 3.52. The third-order valence-corrected chi connectivity index (χ3v) is 5.73. The number of aryl methyl sites for hydroxylation is 1. The highest BCUT2D eigenvalue weighted by Gasteiger charge is 2.36. The number of carboxylic acid groups (broad SMARTS) is 1. The van der Waals surface area contributed by atoms with Crippen molar-refractivity contribution in [3.05, 3.63) is 70.5 Å². The molecular formula is C23H25ClN4O4. The molecular weight excluding hydrogens is 432 g/mol. The van der Waals surface area contributed by atoms with Crippen molar-refractivity contribution >= 4 is 23.5 Å². The lowest BCUT2D eigenvalue weighted by Gasteiger charge is -2.28. The molecule has 2 unspecified atom stereocenters. The molecule has 2 aromatic carbocycles. The summed E-state index contributed by atoms with van der Waals surface area (Å²) in [5.74, 6) is -1.60. The molecule has 3 rings (SSSR count). The number of carbonyl (C=O) groups is 2. The Balaban J connectivity index is 1.82. The van der Waals surface area contributed by atoms with Crippen LogP contribution in [0.4, 0.5) is 0 Å². The smallest absolute Gasteiger partial charge is 0.311 e. The number of carboxylic acids is 1. The second-order valence-electron chi connectivity index (χ2n) is 8.11. The van der Waals surface area contributed by atoms with Gasteiger partial charge in [0.15, 0.2) is 5.69 Å². The van der Waals surface area contributed by atoms with E-state index in [1.165, 1.54) is 13.1 Å². The lowest BCUT2D eigenvalue weighted by atomic mass is 9.82. The lowest BCUT2D eigenvalue weighted by molar-refractivity contribution is -0.151. The maximum Gasteiger partial charge on any atom is 0.311 e. The first-order chi connectivity index (χ1) is 15.2. The molecule has 0 fully saturated rings. The van der Waals surface area contributed by atoms with Crippen LogP contribution in [0.2, 0.25) is 5.02 Å². The largest absolute Gasteiger partial charge is 0.481 e. The Labute approximate surface area is 190 Å². The minimum Gasteiger partial charge on any atom is -0.481 e. The lowest BCUT2D eigenvalue weighted by Crippen LogP contribution is -2.44. The van der Waals surface area contributed by atoms with Gasteiger partial charge in [0.25, 0.3) is 5.91 Å². The number of carbonyl (C=O) groups excluding carboxylic acids is 1. The first-order valence-corrected chi connectivity index (χ1v) is 10.5. The number of aliphatic carboxylic acids is 1. The van der Waals surface area contributed by atoms with E-state index in [9.17, 15) is 19.8 Å². The average molecular weight is 457 g/mol. The Bertz CT molecular complexity index is 1090. The van der Waals surface area contributed by atoms with Crippen molar-refractivity contribution in [1.82, 2.24) is 20.7 Å². The molecule has 0 radical (unpaired) electrons. The van der Waals surface area contributed by atoms with E-state index in [0.717, 1.165) is 22.3 Å². The normalized spacial score (nSPS) is 13.9. The molecule has 9 heteroatoms. The summed E-state index contributed by atoms with van der Waals surface area (Å²) in [5.41, 5.74) is 2.73. The molecule has 1 heterocycles. The molecule has 2 atom stereocenters. The minimum atomic E-state index is -1.40. The van der Waals surface area contributed by atoms with E-state index < -0.39 is 29.9 Å². The van der Waals surface area contributed by atoms with E-state index in [1.54, 1.807) is 0 Å². The molecule has 4 N–H and O–H groups in total. The second kappa shape index (κ2) is 9.93. The number of H-pyrrole nitrogens is 1. The van der Waals surface area contributed by atoms with Crippen LogP contribution in [0.15, 0.2) is 48.7 Å². The molecule has 1 aromatic heterocycles. The van der Waals surface area contributed by atoms with Crippen LogP contribution in [-0.4, -0.2) is 50.1 Å². The first-order valence-electron chi connectivity index (χ1n) is 10.1. The third-order valence-electron chi connectivity index (χ3n) is 5.49. The van der Waals surface area contributed by atoms with Gasteiger partial charge in [-0.1, -0.05) is 41.9 Å². The van der Waals surface area contributed by atoms with Gasteiger partial charge in [-0.15, -0.1) is 0 Å². The molecule has 8 nitrogen and oxygen atoms in total. The quantitative estimate of drug-likeness (QED) is 0.391. The molecule has 0 spiro atoms. The van der Waals surface area contributed by atoms with Crippen molar-refractivity contribution in [1.29, 1.82) is 0 Å². The second-order valence-corrected chi connectivity index (χ2v) is 8.55. The fourth-order valence-corrected chi connectivity index (χ4v) is 3.69. The number of hydrogen-bond donors (Lipinski definition) is 4. The van der Waals surface area contributed by atoms with Gasteiger partial charge in [0.2, 0.25) is 0 Å². The van der Waals surface area contributed by atoms with Gasteiger partial charge in [-0.2, -0.15) is 15.4 Å². The summed E-state index contributed by atoms with van der Waals surface area (Å²) >= 11 is 6.14. The van der Waals surface area contributed by atoms with Crippen LogP contribution in [0.3, 0.4) is 0 Å². The van der Waals surface area contributed by atoms with Gasteiger partial charge >= 0.3 is 5.97 Å². The van der Waals surface area contributed by atoms with Crippen molar-refractivity contribution in [2.45, 2.75) is 32.7 Å². The Kier molecular flexibility index (Phi) is 7.27. The van der Waals surface area contributed by atoms with Crippen LogP contribution in [0.25, 0.3) is 11.1 Å². The topological polar surface area (TPSA) is 128 Å². The molecule has 0 aliphatic carbocycles. The van der Waals surface area contributed by atoms with Crippen LogP contribution >= 0.6 is 11.6 Å². The highest BCUT2D eigenvalue weighted by molar-refractivity contribution is 6.30. The molecule has 0 saturated heterocycles. The van der Waals surface area contributed by atoms with Gasteiger partial charge in [-0.05, 0) is 61.1 Å². The number of hydrogen-bond acceptors (Lipinski definition) is 5. The molecule has 0 aliphatic rings. The summed E-state index contributed by atoms with van der Waals surface area (Å²) in [5, 5.41) is 32.5. The van der Waals surface area contributed by atoms with E-state index in [4.69, 9.17) is 11.6 Å². The molecule has 3 aromatic rings. The zero-order chi connectivity index (χ0) is 23.3. The summed E-state index contributed by atoms with van der Waals surface area (Å²) in [6, 6.07) is 13.0. The zero-order valence-electron chi connectivity index (χ0n) is 17.8. The predicted molar refractivity (Wildman–Crippen MR) is 120 cm³/mol. The van der Waals surface area contributed by atoms with Crippen LogP contribution in [0, 0.1) is 12.3 Å². The van der Waals surface area contributed by atoms with Gasteiger partial charge in [-0.3, -0.25) is 9.59 Å². The Morgan fingerprint density at radius 2 is 1.94 bits per heavy atom. The number of aromatic amines is 1. The number of rotatable bonds is 9. The standard InChI is InChI=1S/C23H25ClN4O4/c1-14-3-8-17(24)10-19(14)16-6-4-15(5-7-16)9-18(11-23(2,13-29)22(31)32)26-21(30)20-12-25-28-27-20/h3-8,10,12,18,29H,9,11,13H2,1-2H3,(H,26,30)(H,31,32)(H,25,27,28). The Morgan fingerprint density at radius 1 is 1.22 bits per heavy atom. The van der Waals surface area contributed by atoms with E-state index in [0.29, 0.717) is 11.4 Å². The van der Waals surface area contributed by atoms with E-state index in [1.807, 2.05) is 49.4 Å². The molecule has 0 aliphatic heterocycles. The SMILES string of the molecule is Cc1ccc(Cl)cc1-c1ccc(CC(CC(C)(CO)C(=O)O)NC(=O)c2cn[nH]n2)cc1. The number of nitrogens with one attached hydrogen (secondary N) is 2. The summed E-state index contributed by atoms with van der Waals surface area (Å²) in [6.07, 6.45) is 1.70. The van der Waals surface area contributed by atoms with Crippen molar-refractivity contribution < 1.29 is 19.8 Å². The number of halogens is 1. The van der Waals surface area contributed by atoms with Gasteiger partial charge in [-0.25, -0.2) is 0 Å². The first kappa shape index (κ1) is 23.4. The van der Waals surface area contributed by atoms with Gasteiger partial charge in [0, 0.05) is 11.1 Å². The van der Waals surface area contributed by atoms with Gasteiger partial charge in [0.1, 0.15) is 0 Å². The number of nitrogens with zero attached hydrogens (tertiary/aromatic N) is 2. The van der Waals surface area contributed by atoms with Crippen molar-refractivity contribution in [3.8, 4) is 11.1 Å². The molecule has 32 heavy (non-hydrogen) atoms. The molecule has 0 saturated carbocycles. The molecule has 1 amide bonds. The van der Waals surface area contributed by atoms with Crippen LogP contribution in [0.5, 0.6) is 0 Å². The summed E-state index contributed by atoms with van der Waals surface area (Å²) in [6.45, 7) is 2.91. The Morgan fingerprint density at radius 3 is 2.53 bits per heavy atom. The Hall–Kier alpha value is -3.23. The van der Waals surface area contributed by atoms with Crippen LogP contribution in [0.1, 0.15) is 35.0 Å². The summed E-state index contributed by atoms with van der Waals surface area (Å²) < 4.78 is 0. The third kappa shape index (κ3) is 5.52. The number of benzene rings is 2.